The van der Waals surface area contributed by atoms with Crippen molar-refractivity contribution < 1.29 is 19.7 Å². The van der Waals surface area contributed by atoms with Crippen LogP contribution < -0.4 is 9.47 Å². The van der Waals surface area contributed by atoms with Gasteiger partial charge in [0.05, 0.1) is 20.3 Å². The highest BCUT2D eigenvalue weighted by Gasteiger charge is 2.10. The topological polar surface area (TPSA) is 58.9 Å². The Bertz CT molecular complexity index is 303. The maximum absolute atomic E-state index is 9.87. The van der Waals surface area contributed by atoms with Crippen LogP contribution in [0.25, 0.3) is 0 Å². The van der Waals surface area contributed by atoms with Crippen molar-refractivity contribution in [2.45, 2.75) is 18.9 Å². The first-order valence-electron chi connectivity index (χ1n) is 5.23. The van der Waals surface area contributed by atoms with Crippen molar-refractivity contribution in [2.75, 3.05) is 20.8 Å². The lowest BCUT2D eigenvalue weighted by Gasteiger charge is -2.13. The molecule has 0 fully saturated rings. The number of rotatable bonds is 6. The zero-order valence-electron chi connectivity index (χ0n) is 9.64. The minimum atomic E-state index is -0.601. The van der Waals surface area contributed by atoms with E-state index in [9.17, 15) is 5.11 Å². The van der Waals surface area contributed by atoms with Crippen LogP contribution in [0.5, 0.6) is 11.5 Å². The molecule has 0 aromatic heterocycles. The number of methoxy groups -OCH3 is 2. The van der Waals surface area contributed by atoms with Gasteiger partial charge in [-0.25, -0.2) is 0 Å². The summed E-state index contributed by atoms with van der Waals surface area (Å²) in [7, 11) is 3.14. The van der Waals surface area contributed by atoms with E-state index < -0.39 is 6.10 Å². The molecular weight excluding hydrogens is 208 g/mol. The van der Waals surface area contributed by atoms with Crippen LogP contribution in [0.4, 0.5) is 0 Å². The minimum absolute atomic E-state index is 0.0815. The van der Waals surface area contributed by atoms with Crippen LogP contribution in [0.3, 0.4) is 0 Å². The molecule has 0 aliphatic carbocycles. The summed E-state index contributed by atoms with van der Waals surface area (Å²) < 4.78 is 10.2. The highest BCUT2D eigenvalue weighted by atomic mass is 16.5. The maximum atomic E-state index is 9.87. The molecule has 0 amide bonds. The molecule has 90 valence electrons. The predicted molar refractivity (Wildman–Crippen MR) is 60.8 cm³/mol. The van der Waals surface area contributed by atoms with Gasteiger partial charge in [0.25, 0.3) is 0 Å². The fraction of sp³-hybridized carbons (Fsp3) is 0.500. The molecule has 0 heterocycles. The molecule has 0 spiro atoms. The lowest BCUT2D eigenvalue weighted by molar-refractivity contribution is 0.151. The highest BCUT2D eigenvalue weighted by Crippen LogP contribution is 2.28. The smallest absolute Gasteiger partial charge is 0.122 e. The van der Waals surface area contributed by atoms with Gasteiger partial charge in [-0.1, -0.05) is 0 Å². The Morgan fingerprint density at radius 1 is 1.12 bits per heavy atom. The molecule has 0 aliphatic rings. The standard InChI is InChI=1S/C12H18O4/c1-15-10-6-9(7-11(8-10)16-2)12(14)4-3-5-13/h6-8,12-14H,3-5H2,1-2H3. The van der Waals surface area contributed by atoms with Gasteiger partial charge in [0.2, 0.25) is 0 Å². The van der Waals surface area contributed by atoms with Crippen molar-refractivity contribution in [3.8, 4) is 11.5 Å². The molecule has 0 saturated heterocycles. The summed E-state index contributed by atoms with van der Waals surface area (Å²) in [5.74, 6) is 1.30. The van der Waals surface area contributed by atoms with E-state index in [-0.39, 0.29) is 6.61 Å². The summed E-state index contributed by atoms with van der Waals surface area (Å²) in [6.45, 7) is 0.0815. The molecule has 0 bridgehead atoms. The van der Waals surface area contributed by atoms with E-state index in [2.05, 4.69) is 0 Å². The van der Waals surface area contributed by atoms with Crippen molar-refractivity contribution in [2.24, 2.45) is 0 Å². The van der Waals surface area contributed by atoms with E-state index in [4.69, 9.17) is 14.6 Å². The van der Waals surface area contributed by atoms with E-state index in [1.165, 1.54) is 0 Å². The van der Waals surface area contributed by atoms with Gasteiger partial charge in [-0.3, -0.25) is 0 Å². The summed E-state index contributed by atoms with van der Waals surface area (Å²) in [5.41, 5.74) is 0.740. The Morgan fingerprint density at radius 2 is 1.69 bits per heavy atom. The van der Waals surface area contributed by atoms with Gasteiger partial charge in [-0.05, 0) is 30.5 Å². The molecule has 1 rings (SSSR count). The van der Waals surface area contributed by atoms with Crippen LogP contribution in [0.2, 0.25) is 0 Å². The zero-order chi connectivity index (χ0) is 12.0. The van der Waals surface area contributed by atoms with Crippen LogP contribution in [0.15, 0.2) is 18.2 Å². The first-order chi connectivity index (χ1) is 7.71. The molecule has 0 saturated carbocycles. The third-order valence-corrected chi connectivity index (χ3v) is 2.39. The number of aliphatic hydroxyl groups excluding tert-OH is 2. The molecule has 4 nitrogen and oxygen atoms in total. The second kappa shape index (κ2) is 6.35. The first kappa shape index (κ1) is 12.8. The molecular formula is C12H18O4. The van der Waals surface area contributed by atoms with E-state index >= 15 is 0 Å². The van der Waals surface area contributed by atoms with Gasteiger partial charge in [-0.2, -0.15) is 0 Å². The van der Waals surface area contributed by atoms with Gasteiger partial charge in [0, 0.05) is 12.7 Å². The van der Waals surface area contributed by atoms with Crippen LogP contribution >= 0.6 is 0 Å². The maximum Gasteiger partial charge on any atom is 0.122 e. The van der Waals surface area contributed by atoms with Crippen LogP contribution in [0, 0.1) is 0 Å². The van der Waals surface area contributed by atoms with E-state index in [1.807, 2.05) is 0 Å². The van der Waals surface area contributed by atoms with E-state index in [1.54, 1.807) is 32.4 Å². The third kappa shape index (κ3) is 3.40. The van der Waals surface area contributed by atoms with Crippen molar-refractivity contribution in [1.29, 1.82) is 0 Å². The van der Waals surface area contributed by atoms with Gasteiger partial charge >= 0.3 is 0 Å². The summed E-state index contributed by atoms with van der Waals surface area (Å²) in [4.78, 5) is 0. The minimum Gasteiger partial charge on any atom is -0.497 e. The Kier molecular flexibility index (Phi) is 5.08. The monoisotopic (exact) mass is 226 g/mol. The van der Waals surface area contributed by atoms with Crippen molar-refractivity contribution in [3.63, 3.8) is 0 Å². The average Bonchev–Trinajstić information content (AvgIpc) is 2.35. The molecule has 0 radical (unpaired) electrons. The van der Waals surface area contributed by atoms with Crippen LogP contribution in [-0.4, -0.2) is 31.0 Å². The summed E-state index contributed by atoms with van der Waals surface area (Å²) in [6.07, 6.45) is 0.490. The SMILES string of the molecule is COc1cc(OC)cc(C(O)CCCO)c1. The molecule has 4 heteroatoms. The Labute approximate surface area is 95.4 Å². The number of ether oxygens (including phenoxy) is 2. The van der Waals surface area contributed by atoms with Gasteiger partial charge in [0.15, 0.2) is 0 Å². The predicted octanol–water partition coefficient (Wildman–Crippen LogP) is 1.51. The summed E-state index contributed by atoms with van der Waals surface area (Å²) >= 11 is 0. The second-order valence-corrected chi connectivity index (χ2v) is 3.53. The van der Waals surface area contributed by atoms with E-state index in [0.29, 0.717) is 24.3 Å². The number of aliphatic hydroxyl groups is 2. The Hall–Kier alpha value is -1.26. The van der Waals surface area contributed by atoms with E-state index in [0.717, 1.165) is 5.56 Å². The number of hydrogen-bond acceptors (Lipinski definition) is 4. The van der Waals surface area contributed by atoms with Crippen molar-refractivity contribution in [3.05, 3.63) is 23.8 Å². The van der Waals surface area contributed by atoms with Crippen LogP contribution in [-0.2, 0) is 0 Å². The molecule has 2 N–H and O–H groups in total. The fourth-order valence-electron chi connectivity index (χ4n) is 1.47. The second-order valence-electron chi connectivity index (χ2n) is 3.53. The quantitative estimate of drug-likeness (QED) is 0.772. The molecule has 1 unspecified atom stereocenters. The highest BCUT2D eigenvalue weighted by molar-refractivity contribution is 5.39. The normalized spacial score (nSPS) is 12.2. The van der Waals surface area contributed by atoms with Crippen LogP contribution in [0.1, 0.15) is 24.5 Å². The number of benzene rings is 1. The van der Waals surface area contributed by atoms with Crippen molar-refractivity contribution >= 4 is 0 Å². The molecule has 0 aliphatic heterocycles. The summed E-state index contributed by atoms with van der Waals surface area (Å²) in [5, 5.41) is 18.6. The lowest BCUT2D eigenvalue weighted by Crippen LogP contribution is -2.00. The molecule has 1 aromatic carbocycles. The average molecular weight is 226 g/mol. The zero-order valence-corrected chi connectivity index (χ0v) is 9.64. The largest absolute Gasteiger partial charge is 0.497 e. The van der Waals surface area contributed by atoms with Crippen molar-refractivity contribution in [1.82, 2.24) is 0 Å². The molecule has 16 heavy (non-hydrogen) atoms. The first-order valence-corrected chi connectivity index (χ1v) is 5.23. The van der Waals surface area contributed by atoms with Gasteiger partial charge in [-0.15, -0.1) is 0 Å². The lowest BCUT2D eigenvalue weighted by atomic mass is 10.0. The molecule has 1 aromatic rings. The van der Waals surface area contributed by atoms with Gasteiger partial charge < -0.3 is 19.7 Å². The third-order valence-electron chi connectivity index (χ3n) is 2.39. The summed E-state index contributed by atoms with van der Waals surface area (Å²) in [6, 6.07) is 5.29. The molecule has 1 atom stereocenters. The Morgan fingerprint density at radius 3 is 2.12 bits per heavy atom. The van der Waals surface area contributed by atoms with Gasteiger partial charge in [0.1, 0.15) is 11.5 Å². The number of hydrogen-bond donors (Lipinski definition) is 2. The fourth-order valence-corrected chi connectivity index (χ4v) is 1.47. The Balaban J connectivity index is 2.85.